The van der Waals surface area contributed by atoms with E-state index >= 15 is 0 Å². The zero-order valence-electron chi connectivity index (χ0n) is 11.1. The number of carbonyl (C=O) groups excluding carboxylic acids is 2. The summed E-state index contributed by atoms with van der Waals surface area (Å²) in [4.78, 5) is 34.7. The van der Waals surface area contributed by atoms with Crippen molar-refractivity contribution in [3.05, 3.63) is 35.4 Å². The van der Waals surface area contributed by atoms with Crippen molar-refractivity contribution in [2.45, 2.75) is 25.4 Å². The van der Waals surface area contributed by atoms with Gasteiger partial charge in [-0.1, -0.05) is 24.3 Å². The monoisotopic (exact) mass is 276 g/mol. The van der Waals surface area contributed by atoms with E-state index in [4.69, 9.17) is 5.11 Å². The zero-order chi connectivity index (χ0) is 14.7. The molecule has 106 valence electrons. The van der Waals surface area contributed by atoms with E-state index in [1.165, 1.54) is 7.05 Å². The summed E-state index contributed by atoms with van der Waals surface area (Å²) < 4.78 is 0. The number of hydrogen-bond acceptors (Lipinski definition) is 4. The van der Waals surface area contributed by atoms with Gasteiger partial charge in [0.2, 0.25) is 11.8 Å². The van der Waals surface area contributed by atoms with Gasteiger partial charge in [-0.2, -0.15) is 0 Å². The summed E-state index contributed by atoms with van der Waals surface area (Å²) in [7, 11) is 1.48. The van der Waals surface area contributed by atoms with Gasteiger partial charge in [-0.15, -0.1) is 0 Å². The summed E-state index contributed by atoms with van der Waals surface area (Å²) in [6.07, 6.45) is 0.181. The Morgan fingerprint density at radius 1 is 1.30 bits per heavy atom. The highest BCUT2D eigenvalue weighted by atomic mass is 16.4. The van der Waals surface area contributed by atoms with Crippen molar-refractivity contribution in [1.82, 2.24) is 10.2 Å². The molecule has 2 N–H and O–H groups in total. The fourth-order valence-electron chi connectivity index (χ4n) is 2.11. The second kappa shape index (κ2) is 5.83. The molecule has 0 radical (unpaired) electrons. The molecule has 0 aromatic heterocycles. The van der Waals surface area contributed by atoms with Crippen LogP contribution in [0.2, 0.25) is 0 Å². The predicted octanol–water partition coefficient (Wildman–Crippen LogP) is 0.161. The summed E-state index contributed by atoms with van der Waals surface area (Å²) in [6, 6.07) is 6.66. The Hall–Kier alpha value is -2.21. The van der Waals surface area contributed by atoms with Gasteiger partial charge in [0, 0.05) is 13.6 Å². The standard InChI is InChI=1S/C14H16N2O4/c1-16-12(17)7-11(14(16)20)15-8-10-4-2-9(3-5-10)6-13(18)19/h2-5,11,15H,6-8H2,1H3,(H,18,19). The number of nitrogens with zero attached hydrogens (tertiary/aromatic N) is 1. The minimum atomic E-state index is -0.867. The molecule has 6 nitrogen and oxygen atoms in total. The lowest BCUT2D eigenvalue weighted by molar-refractivity contribution is -0.138. The number of benzene rings is 1. The van der Waals surface area contributed by atoms with Crippen molar-refractivity contribution in [3.63, 3.8) is 0 Å². The number of carboxylic acids is 1. The molecule has 1 heterocycles. The highest BCUT2D eigenvalue weighted by molar-refractivity contribution is 6.05. The molecule has 0 spiro atoms. The number of amides is 2. The zero-order valence-corrected chi connectivity index (χ0v) is 11.1. The van der Waals surface area contributed by atoms with Crippen molar-refractivity contribution in [3.8, 4) is 0 Å². The second-order valence-electron chi connectivity index (χ2n) is 4.82. The molecular formula is C14H16N2O4. The van der Waals surface area contributed by atoms with Crippen molar-refractivity contribution in [2.75, 3.05) is 7.05 Å². The van der Waals surface area contributed by atoms with Crippen LogP contribution in [0, 0.1) is 0 Å². The maximum absolute atomic E-state index is 11.7. The Morgan fingerprint density at radius 2 is 1.90 bits per heavy atom. The van der Waals surface area contributed by atoms with Crippen molar-refractivity contribution < 1.29 is 19.5 Å². The lowest BCUT2D eigenvalue weighted by atomic mass is 10.1. The molecule has 1 atom stereocenters. The van der Waals surface area contributed by atoms with Gasteiger partial charge < -0.3 is 10.4 Å². The topological polar surface area (TPSA) is 86.7 Å². The first-order chi connectivity index (χ1) is 9.47. The van der Waals surface area contributed by atoms with Crippen LogP contribution in [-0.2, 0) is 27.3 Å². The van der Waals surface area contributed by atoms with Crippen LogP contribution >= 0.6 is 0 Å². The largest absolute Gasteiger partial charge is 0.481 e. The van der Waals surface area contributed by atoms with E-state index in [1.54, 1.807) is 12.1 Å². The molecule has 2 amide bonds. The van der Waals surface area contributed by atoms with E-state index in [2.05, 4.69) is 5.32 Å². The summed E-state index contributed by atoms with van der Waals surface area (Å²) in [5.41, 5.74) is 1.67. The third-order valence-corrected chi connectivity index (χ3v) is 3.31. The average Bonchev–Trinajstić information content (AvgIpc) is 2.65. The van der Waals surface area contributed by atoms with Crippen LogP contribution in [0.15, 0.2) is 24.3 Å². The van der Waals surface area contributed by atoms with Crippen LogP contribution in [0.25, 0.3) is 0 Å². The van der Waals surface area contributed by atoms with Crippen LogP contribution in [-0.4, -0.2) is 40.9 Å². The molecule has 1 aliphatic heterocycles. The molecule has 2 rings (SSSR count). The Labute approximate surface area is 116 Å². The normalized spacial score (nSPS) is 18.6. The maximum atomic E-state index is 11.7. The molecule has 1 saturated heterocycles. The van der Waals surface area contributed by atoms with Gasteiger partial charge in [-0.25, -0.2) is 0 Å². The quantitative estimate of drug-likeness (QED) is 0.748. The molecule has 20 heavy (non-hydrogen) atoms. The molecule has 1 aromatic carbocycles. The van der Waals surface area contributed by atoms with Crippen molar-refractivity contribution >= 4 is 17.8 Å². The Morgan fingerprint density at radius 3 is 2.40 bits per heavy atom. The number of likely N-dealkylation sites (N-methyl/N-ethyl adjacent to an activating group) is 1. The Kier molecular flexibility index (Phi) is 4.14. The third kappa shape index (κ3) is 3.21. The van der Waals surface area contributed by atoms with Gasteiger partial charge in [0.15, 0.2) is 0 Å². The number of likely N-dealkylation sites (tertiary alicyclic amines) is 1. The number of aliphatic carboxylic acids is 1. The van der Waals surface area contributed by atoms with E-state index < -0.39 is 12.0 Å². The van der Waals surface area contributed by atoms with Gasteiger partial charge in [-0.3, -0.25) is 19.3 Å². The SMILES string of the molecule is CN1C(=O)CC(NCc2ccc(CC(=O)O)cc2)C1=O. The molecule has 6 heteroatoms. The van der Waals surface area contributed by atoms with E-state index in [0.29, 0.717) is 6.54 Å². The van der Waals surface area contributed by atoms with Crippen LogP contribution < -0.4 is 5.32 Å². The first-order valence-corrected chi connectivity index (χ1v) is 6.31. The molecule has 1 fully saturated rings. The van der Waals surface area contributed by atoms with Crippen LogP contribution in [0.5, 0.6) is 0 Å². The summed E-state index contributed by atoms with van der Waals surface area (Å²) in [5.74, 6) is -1.25. The average molecular weight is 276 g/mol. The lowest BCUT2D eigenvalue weighted by Gasteiger charge is -2.11. The van der Waals surface area contributed by atoms with E-state index in [0.717, 1.165) is 16.0 Å². The highest BCUT2D eigenvalue weighted by Crippen LogP contribution is 2.12. The first-order valence-electron chi connectivity index (χ1n) is 6.31. The minimum absolute atomic E-state index is 0.00584. The molecular weight excluding hydrogens is 260 g/mol. The fourth-order valence-corrected chi connectivity index (χ4v) is 2.11. The van der Waals surface area contributed by atoms with Gasteiger partial charge in [0.05, 0.1) is 18.9 Å². The summed E-state index contributed by atoms with van der Waals surface area (Å²) in [6.45, 7) is 0.463. The van der Waals surface area contributed by atoms with Gasteiger partial charge in [-0.05, 0) is 11.1 Å². The van der Waals surface area contributed by atoms with Crippen LogP contribution in [0.1, 0.15) is 17.5 Å². The molecule has 0 saturated carbocycles. The number of carboxylic acid groups (broad SMARTS) is 1. The van der Waals surface area contributed by atoms with E-state index in [-0.39, 0.29) is 24.7 Å². The molecule has 1 aromatic rings. The summed E-state index contributed by atoms with van der Waals surface area (Å²) in [5, 5.41) is 11.7. The molecule has 1 unspecified atom stereocenters. The predicted molar refractivity (Wildman–Crippen MR) is 70.8 cm³/mol. The van der Waals surface area contributed by atoms with E-state index in [9.17, 15) is 14.4 Å². The fraction of sp³-hybridized carbons (Fsp3) is 0.357. The van der Waals surface area contributed by atoms with Gasteiger partial charge in [0.1, 0.15) is 0 Å². The number of hydrogen-bond donors (Lipinski definition) is 2. The van der Waals surface area contributed by atoms with Crippen molar-refractivity contribution in [2.24, 2.45) is 0 Å². The number of rotatable bonds is 5. The Bertz CT molecular complexity index is 539. The summed E-state index contributed by atoms with van der Waals surface area (Å²) >= 11 is 0. The molecule has 1 aliphatic rings. The minimum Gasteiger partial charge on any atom is -0.481 e. The number of nitrogens with one attached hydrogen (secondary N) is 1. The number of imide groups is 1. The van der Waals surface area contributed by atoms with Gasteiger partial charge in [0.25, 0.3) is 0 Å². The second-order valence-corrected chi connectivity index (χ2v) is 4.82. The van der Waals surface area contributed by atoms with Gasteiger partial charge >= 0.3 is 5.97 Å². The van der Waals surface area contributed by atoms with Crippen LogP contribution in [0.3, 0.4) is 0 Å². The maximum Gasteiger partial charge on any atom is 0.307 e. The van der Waals surface area contributed by atoms with Crippen LogP contribution in [0.4, 0.5) is 0 Å². The Balaban J connectivity index is 1.90. The molecule has 0 aliphatic carbocycles. The smallest absolute Gasteiger partial charge is 0.307 e. The highest BCUT2D eigenvalue weighted by Gasteiger charge is 2.35. The molecule has 0 bridgehead atoms. The third-order valence-electron chi connectivity index (χ3n) is 3.31. The van der Waals surface area contributed by atoms with E-state index in [1.807, 2.05) is 12.1 Å². The first kappa shape index (κ1) is 14.2. The lowest BCUT2D eigenvalue weighted by Crippen LogP contribution is -2.36. The number of carbonyl (C=O) groups is 3. The van der Waals surface area contributed by atoms with Crippen molar-refractivity contribution in [1.29, 1.82) is 0 Å².